The monoisotopic (exact) mass is 292 g/mol. The normalized spacial score (nSPS) is 13.2. The third-order valence-electron chi connectivity index (χ3n) is 4.31. The molecule has 0 aliphatic carbocycles. The van der Waals surface area contributed by atoms with E-state index in [4.69, 9.17) is 4.43 Å². The zero-order valence-electron chi connectivity index (χ0n) is 13.1. The quantitative estimate of drug-likeness (QED) is 0.465. The van der Waals surface area contributed by atoms with Crippen LogP contribution in [0, 0.1) is 0 Å². The van der Waals surface area contributed by atoms with Gasteiger partial charge in [0.2, 0.25) is 0 Å². The summed E-state index contributed by atoms with van der Waals surface area (Å²) < 4.78 is 6.46. The molecular weight excluding hydrogens is 264 g/mol. The number of benzene rings is 1. The zero-order chi connectivity index (χ0) is 14.8. The van der Waals surface area contributed by atoms with Crippen molar-refractivity contribution in [3.05, 3.63) is 35.9 Å². The van der Waals surface area contributed by atoms with Crippen molar-refractivity contribution in [2.75, 3.05) is 0 Å². The lowest BCUT2D eigenvalue weighted by molar-refractivity contribution is -0.109. The molecule has 20 heavy (non-hydrogen) atoms. The van der Waals surface area contributed by atoms with Gasteiger partial charge in [0.15, 0.2) is 8.32 Å². The van der Waals surface area contributed by atoms with Crippen LogP contribution in [0.15, 0.2) is 30.3 Å². The van der Waals surface area contributed by atoms with E-state index in [1.54, 1.807) is 0 Å². The highest BCUT2D eigenvalue weighted by atomic mass is 28.4. The molecule has 1 aromatic carbocycles. The number of aldehydes is 1. The maximum Gasteiger partial charge on any atom is 0.192 e. The summed E-state index contributed by atoms with van der Waals surface area (Å²) >= 11 is 0. The molecule has 0 aliphatic heterocycles. The molecule has 0 bridgehead atoms. The van der Waals surface area contributed by atoms with E-state index >= 15 is 0 Å². The highest BCUT2D eigenvalue weighted by Gasteiger charge is 2.31. The van der Waals surface area contributed by atoms with Gasteiger partial charge >= 0.3 is 0 Å². The summed E-state index contributed by atoms with van der Waals surface area (Å²) in [7, 11) is -1.61. The standard InChI is InChI=1S/C17H28O2Si/c1-4-20(5-2,6-3)19-17(14-15-18)13-12-16-10-8-7-9-11-16/h7-11,15,17H,4-6,12-14H2,1-3H3. The first-order valence-electron chi connectivity index (χ1n) is 7.85. The molecular formula is C17H28O2Si. The Kier molecular flexibility index (Phi) is 7.78. The van der Waals surface area contributed by atoms with Crippen LogP contribution in [0.4, 0.5) is 0 Å². The smallest absolute Gasteiger partial charge is 0.192 e. The SMILES string of the molecule is CC[Si](CC)(CC)OC(CC=O)CCc1ccccc1. The van der Waals surface area contributed by atoms with Gasteiger partial charge in [-0.25, -0.2) is 0 Å². The van der Waals surface area contributed by atoms with Crippen molar-refractivity contribution in [2.24, 2.45) is 0 Å². The Hall–Kier alpha value is -0.933. The van der Waals surface area contributed by atoms with Crippen molar-refractivity contribution in [3.63, 3.8) is 0 Å². The van der Waals surface area contributed by atoms with Crippen molar-refractivity contribution in [1.29, 1.82) is 0 Å². The number of hydrogen-bond donors (Lipinski definition) is 0. The van der Waals surface area contributed by atoms with Crippen molar-refractivity contribution in [1.82, 2.24) is 0 Å². The van der Waals surface area contributed by atoms with Crippen LogP contribution in [-0.2, 0) is 15.6 Å². The average molecular weight is 292 g/mol. The summed E-state index contributed by atoms with van der Waals surface area (Å²) in [4.78, 5) is 10.9. The highest BCUT2D eigenvalue weighted by molar-refractivity contribution is 6.73. The molecule has 0 N–H and O–H groups in total. The molecule has 0 heterocycles. The minimum absolute atomic E-state index is 0.0965. The summed E-state index contributed by atoms with van der Waals surface area (Å²) in [6.07, 6.45) is 3.56. The lowest BCUT2D eigenvalue weighted by atomic mass is 10.1. The molecule has 0 saturated carbocycles. The summed E-state index contributed by atoms with van der Waals surface area (Å²) in [5.74, 6) is 0. The number of aryl methyl sites for hydroxylation is 1. The van der Waals surface area contributed by atoms with Gasteiger partial charge in [0.05, 0.1) is 6.10 Å². The molecule has 1 aromatic rings. The van der Waals surface area contributed by atoms with E-state index in [0.717, 1.165) is 37.3 Å². The molecule has 0 saturated heterocycles. The molecule has 0 aromatic heterocycles. The maximum atomic E-state index is 10.9. The fraction of sp³-hybridized carbons (Fsp3) is 0.588. The minimum Gasteiger partial charge on any atom is -0.414 e. The molecule has 0 radical (unpaired) electrons. The summed E-state index contributed by atoms with van der Waals surface area (Å²) in [5, 5.41) is 0. The topological polar surface area (TPSA) is 26.3 Å². The molecule has 0 aliphatic rings. The Morgan fingerprint density at radius 1 is 1.10 bits per heavy atom. The maximum absolute atomic E-state index is 10.9. The first-order valence-corrected chi connectivity index (χ1v) is 10.4. The fourth-order valence-corrected chi connectivity index (χ4v) is 5.58. The second-order valence-electron chi connectivity index (χ2n) is 5.41. The third kappa shape index (κ3) is 5.21. The molecule has 1 unspecified atom stereocenters. The van der Waals surface area contributed by atoms with Gasteiger partial charge < -0.3 is 9.22 Å². The van der Waals surface area contributed by atoms with E-state index in [0.29, 0.717) is 6.42 Å². The Labute approximate surface area is 124 Å². The van der Waals surface area contributed by atoms with Crippen LogP contribution in [0.5, 0.6) is 0 Å². The Bertz CT molecular complexity index is 366. The van der Waals surface area contributed by atoms with Crippen molar-refractivity contribution >= 4 is 14.6 Å². The lowest BCUT2D eigenvalue weighted by Gasteiger charge is -2.32. The van der Waals surface area contributed by atoms with Crippen molar-refractivity contribution in [2.45, 2.75) is 64.3 Å². The van der Waals surface area contributed by atoms with Crippen LogP contribution in [0.1, 0.15) is 39.2 Å². The van der Waals surface area contributed by atoms with Crippen LogP contribution >= 0.6 is 0 Å². The van der Waals surface area contributed by atoms with Gasteiger partial charge in [-0.2, -0.15) is 0 Å². The van der Waals surface area contributed by atoms with E-state index in [2.05, 4.69) is 45.0 Å². The van der Waals surface area contributed by atoms with Crippen LogP contribution in [-0.4, -0.2) is 20.7 Å². The number of hydrogen-bond acceptors (Lipinski definition) is 2. The van der Waals surface area contributed by atoms with Crippen molar-refractivity contribution < 1.29 is 9.22 Å². The number of carbonyl (C=O) groups is 1. The summed E-state index contributed by atoms with van der Waals surface area (Å²) in [6, 6.07) is 13.9. The molecule has 0 spiro atoms. The first-order chi connectivity index (χ1) is 9.69. The zero-order valence-corrected chi connectivity index (χ0v) is 14.1. The largest absolute Gasteiger partial charge is 0.414 e. The molecule has 1 rings (SSSR count). The second-order valence-corrected chi connectivity index (χ2v) is 10.1. The Morgan fingerprint density at radius 3 is 2.20 bits per heavy atom. The van der Waals surface area contributed by atoms with E-state index < -0.39 is 8.32 Å². The molecule has 1 atom stereocenters. The minimum atomic E-state index is -1.61. The lowest BCUT2D eigenvalue weighted by Crippen LogP contribution is -2.40. The van der Waals surface area contributed by atoms with Gasteiger partial charge in [-0.3, -0.25) is 0 Å². The molecule has 0 fully saturated rings. The van der Waals surface area contributed by atoms with Gasteiger partial charge in [-0.15, -0.1) is 0 Å². The van der Waals surface area contributed by atoms with Gasteiger partial charge in [-0.05, 0) is 36.5 Å². The van der Waals surface area contributed by atoms with E-state index in [1.807, 2.05) is 6.07 Å². The van der Waals surface area contributed by atoms with Crippen LogP contribution in [0.3, 0.4) is 0 Å². The Morgan fingerprint density at radius 2 is 1.70 bits per heavy atom. The van der Waals surface area contributed by atoms with Gasteiger partial charge in [0.1, 0.15) is 6.29 Å². The average Bonchev–Trinajstić information content (AvgIpc) is 2.51. The Balaban J connectivity index is 2.61. The van der Waals surface area contributed by atoms with Gasteiger partial charge in [0, 0.05) is 6.42 Å². The number of rotatable bonds is 10. The molecule has 0 amide bonds. The number of carbonyl (C=O) groups excluding carboxylic acids is 1. The van der Waals surface area contributed by atoms with Crippen LogP contribution in [0.2, 0.25) is 18.1 Å². The first kappa shape index (κ1) is 17.1. The van der Waals surface area contributed by atoms with Crippen molar-refractivity contribution in [3.8, 4) is 0 Å². The predicted molar refractivity (Wildman–Crippen MR) is 87.5 cm³/mol. The third-order valence-corrected chi connectivity index (χ3v) is 9.01. The van der Waals surface area contributed by atoms with Gasteiger partial charge in [0.25, 0.3) is 0 Å². The van der Waals surface area contributed by atoms with E-state index in [-0.39, 0.29) is 6.10 Å². The van der Waals surface area contributed by atoms with E-state index in [1.165, 1.54) is 5.56 Å². The van der Waals surface area contributed by atoms with Gasteiger partial charge in [-0.1, -0.05) is 51.1 Å². The molecule has 2 nitrogen and oxygen atoms in total. The fourth-order valence-electron chi connectivity index (χ4n) is 2.66. The second kappa shape index (κ2) is 9.09. The van der Waals surface area contributed by atoms with E-state index in [9.17, 15) is 4.79 Å². The summed E-state index contributed by atoms with van der Waals surface area (Å²) in [5.41, 5.74) is 1.32. The highest BCUT2D eigenvalue weighted by Crippen LogP contribution is 2.25. The van der Waals surface area contributed by atoms with Crippen LogP contribution in [0.25, 0.3) is 0 Å². The summed E-state index contributed by atoms with van der Waals surface area (Å²) in [6.45, 7) is 6.69. The molecule has 112 valence electrons. The van der Waals surface area contributed by atoms with Crippen LogP contribution < -0.4 is 0 Å². The molecule has 3 heteroatoms. The predicted octanol–water partition coefficient (Wildman–Crippen LogP) is 4.60.